The second kappa shape index (κ2) is 10.3. The van der Waals surface area contributed by atoms with Crippen LogP contribution in [0, 0.1) is 6.92 Å². The summed E-state index contributed by atoms with van der Waals surface area (Å²) >= 11 is 1.26. The summed E-state index contributed by atoms with van der Waals surface area (Å²) in [4.78, 5) is 16.8. The number of thioether (sulfide) groups is 1. The molecule has 7 heteroatoms. The van der Waals surface area contributed by atoms with Gasteiger partial charge in [-0.2, -0.15) is 0 Å². The highest BCUT2D eigenvalue weighted by molar-refractivity contribution is 7.99. The molecule has 6 nitrogen and oxygen atoms in total. The van der Waals surface area contributed by atoms with E-state index in [1.54, 1.807) is 4.90 Å². The zero-order valence-corrected chi connectivity index (χ0v) is 18.8. The lowest BCUT2D eigenvalue weighted by Gasteiger charge is -2.22. The zero-order valence-electron chi connectivity index (χ0n) is 18.0. The van der Waals surface area contributed by atoms with E-state index in [1.165, 1.54) is 17.4 Å². The number of carbonyl (C=O) groups is 1. The number of anilines is 2. The van der Waals surface area contributed by atoms with Gasteiger partial charge in [0.25, 0.3) is 5.22 Å². The summed E-state index contributed by atoms with van der Waals surface area (Å²) in [6.07, 6.45) is 0. The molecule has 0 unspecified atom stereocenters. The summed E-state index contributed by atoms with van der Waals surface area (Å²) in [5, 5.41) is 8.63. The number of amides is 1. The summed E-state index contributed by atoms with van der Waals surface area (Å²) in [7, 11) is 0. The van der Waals surface area contributed by atoms with Crippen molar-refractivity contribution in [1.82, 2.24) is 10.2 Å². The molecule has 0 bridgehead atoms. The van der Waals surface area contributed by atoms with E-state index in [1.807, 2.05) is 50.2 Å². The maximum absolute atomic E-state index is 12.7. The van der Waals surface area contributed by atoms with Crippen LogP contribution in [0.15, 0.2) is 58.2 Å². The molecule has 0 aliphatic carbocycles. The SMILES string of the molecule is CCN(CC)c1ccc(-c2nnc(SCC(=O)N(CC)c3ccccc3C)o2)cc1. The molecule has 0 spiro atoms. The van der Waals surface area contributed by atoms with E-state index in [0.29, 0.717) is 17.7 Å². The molecular weight excluding hydrogens is 396 g/mol. The summed E-state index contributed by atoms with van der Waals surface area (Å²) in [5.74, 6) is 0.715. The fraction of sp³-hybridized carbons (Fsp3) is 0.348. The highest BCUT2D eigenvalue weighted by Crippen LogP contribution is 2.26. The molecule has 3 rings (SSSR count). The minimum Gasteiger partial charge on any atom is -0.411 e. The van der Waals surface area contributed by atoms with E-state index >= 15 is 0 Å². The highest BCUT2D eigenvalue weighted by atomic mass is 32.2. The van der Waals surface area contributed by atoms with Crippen LogP contribution in [0.25, 0.3) is 11.5 Å². The molecule has 30 heavy (non-hydrogen) atoms. The number of carbonyl (C=O) groups excluding carboxylic acids is 1. The van der Waals surface area contributed by atoms with Gasteiger partial charge in [-0.15, -0.1) is 10.2 Å². The van der Waals surface area contributed by atoms with E-state index in [-0.39, 0.29) is 11.7 Å². The predicted molar refractivity (Wildman–Crippen MR) is 123 cm³/mol. The second-order valence-electron chi connectivity index (χ2n) is 6.81. The van der Waals surface area contributed by atoms with Crippen LogP contribution in [0.3, 0.4) is 0 Å². The molecule has 1 amide bonds. The first-order valence-corrected chi connectivity index (χ1v) is 11.2. The summed E-state index contributed by atoms with van der Waals surface area (Å²) in [6.45, 7) is 10.8. The standard InChI is InChI=1S/C23H28N4O2S/c1-5-26(6-2)19-14-12-18(13-15-19)22-24-25-23(29-22)30-16-21(28)27(7-3)20-11-9-8-10-17(20)4/h8-15H,5-7,16H2,1-4H3. The second-order valence-corrected chi connectivity index (χ2v) is 7.73. The number of hydrogen-bond acceptors (Lipinski definition) is 6. The van der Waals surface area contributed by atoms with Crippen molar-refractivity contribution in [2.45, 2.75) is 32.9 Å². The van der Waals surface area contributed by atoms with Crippen LogP contribution in [-0.2, 0) is 4.79 Å². The van der Waals surface area contributed by atoms with Gasteiger partial charge in [0.05, 0.1) is 5.75 Å². The fourth-order valence-electron chi connectivity index (χ4n) is 3.34. The number of nitrogens with zero attached hydrogens (tertiary/aromatic N) is 4. The van der Waals surface area contributed by atoms with Gasteiger partial charge in [-0.05, 0) is 63.6 Å². The van der Waals surface area contributed by atoms with Crippen molar-refractivity contribution in [3.63, 3.8) is 0 Å². The van der Waals surface area contributed by atoms with Gasteiger partial charge >= 0.3 is 0 Å². The maximum Gasteiger partial charge on any atom is 0.277 e. The minimum absolute atomic E-state index is 0.0140. The van der Waals surface area contributed by atoms with Crippen molar-refractivity contribution in [2.24, 2.45) is 0 Å². The Labute approximate surface area is 182 Å². The normalized spacial score (nSPS) is 10.8. The van der Waals surface area contributed by atoms with Gasteiger partial charge in [-0.1, -0.05) is 30.0 Å². The fourth-order valence-corrected chi connectivity index (χ4v) is 3.98. The van der Waals surface area contributed by atoms with Gasteiger partial charge in [0.1, 0.15) is 0 Å². The third-order valence-corrected chi connectivity index (χ3v) is 5.80. The Bertz CT molecular complexity index is 967. The Balaban J connectivity index is 1.64. The van der Waals surface area contributed by atoms with E-state index in [0.717, 1.165) is 29.9 Å². The Hall–Kier alpha value is -2.80. The van der Waals surface area contributed by atoms with Crippen LogP contribution >= 0.6 is 11.8 Å². The van der Waals surface area contributed by atoms with Gasteiger partial charge < -0.3 is 14.2 Å². The Morgan fingerprint density at radius 3 is 2.30 bits per heavy atom. The van der Waals surface area contributed by atoms with E-state index in [2.05, 4.69) is 41.1 Å². The molecule has 1 aromatic heterocycles. The smallest absolute Gasteiger partial charge is 0.277 e. The van der Waals surface area contributed by atoms with Crippen LogP contribution < -0.4 is 9.80 Å². The minimum atomic E-state index is 0.0140. The number of para-hydroxylation sites is 1. The number of rotatable bonds is 9. The number of benzene rings is 2. The van der Waals surface area contributed by atoms with Crippen LogP contribution in [0.5, 0.6) is 0 Å². The third kappa shape index (κ3) is 5.02. The van der Waals surface area contributed by atoms with E-state index < -0.39 is 0 Å². The summed E-state index contributed by atoms with van der Waals surface area (Å²) in [6, 6.07) is 16.0. The Morgan fingerprint density at radius 2 is 1.67 bits per heavy atom. The summed E-state index contributed by atoms with van der Waals surface area (Å²) < 4.78 is 5.77. The molecule has 158 valence electrons. The molecule has 0 atom stereocenters. The first-order chi connectivity index (χ1) is 14.6. The molecule has 3 aromatic rings. The maximum atomic E-state index is 12.7. The van der Waals surface area contributed by atoms with E-state index in [9.17, 15) is 4.79 Å². The molecule has 1 heterocycles. The molecule has 0 aliphatic rings. The Morgan fingerprint density at radius 1 is 0.967 bits per heavy atom. The van der Waals surface area contributed by atoms with Crippen molar-refractivity contribution in [1.29, 1.82) is 0 Å². The number of aryl methyl sites for hydroxylation is 1. The van der Waals surface area contributed by atoms with Crippen molar-refractivity contribution >= 4 is 29.0 Å². The third-order valence-electron chi connectivity index (χ3n) is 4.99. The van der Waals surface area contributed by atoms with Gasteiger partial charge in [0.2, 0.25) is 11.8 Å². The monoisotopic (exact) mass is 424 g/mol. The predicted octanol–water partition coefficient (Wildman–Crippen LogP) is 5.04. The number of hydrogen-bond donors (Lipinski definition) is 0. The van der Waals surface area contributed by atoms with Gasteiger partial charge in [0.15, 0.2) is 0 Å². The van der Waals surface area contributed by atoms with Crippen LogP contribution in [-0.4, -0.2) is 41.5 Å². The van der Waals surface area contributed by atoms with Crippen LogP contribution in [0.4, 0.5) is 11.4 Å². The van der Waals surface area contributed by atoms with Crippen LogP contribution in [0.2, 0.25) is 0 Å². The molecule has 0 saturated carbocycles. The first kappa shape index (κ1) is 21.9. The van der Waals surface area contributed by atoms with Gasteiger partial charge in [-0.25, -0.2) is 0 Å². The van der Waals surface area contributed by atoms with E-state index in [4.69, 9.17) is 4.42 Å². The summed E-state index contributed by atoms with van der Waals surface area (Å²) in [5.41, 5.74) is 4.04. The molecule has 0 radical (unpaired) electrons. The average Bonchev–Trinajstić information content (AvgIpc) is 3.24. The zero-order chi connectivity index (χ0) is 21.5. The lowest BCUT2D eigenvalue weighted by Crippen LogP contribution is -2.32. The lowest BCUT2D eigenvalue weighted by atomic mass is 10.2. The molecule has 2 aromatic carbocycles. The molecule has 0 N–H and O–H groups in total. The molecule has 0 fully saturated rings. The highest BCUT2D eigenvalue weighted by Gasteiger charge is 2.18. The van der Waals surface area contributed by atoms with Crippen LogP contribution in [0.1, 0.15) is 26.3 Å². The molecule has 0 saturated heterocycles. The molecule has 0 aliphatic heterocycles. The van der Waals surface area contributed by atoms with Crippen molar-refractivity contribution in [3.05, 3.63) is 54.1 Å². The van der Waals surface area contributed by atoms with Crippen molar-refractivity contribution in [2.75, 3.05) is 35.2 Å². The van der Waals surface area contributed by atoms with Crippen molar-refractivity contribution < 1.29 is 9.21 Å². The van der Waals surface area contributed by atoms with Gasteiger partial charge in [0, 0.05) is 36.6 Å². The quantitative estimate of drug-likeness (QED) is 0.449. The molecular formula is C23H28N4O2S. The average molecular weight is 425 g/mol. The largest absolute Gasteiger partial charge is 0.411 e. The topological polar surface area (TPSA) is 62.5 Å². The number of aromatic nitrogens is 2. The first-order valence-electron chi connectivity index (χ1n) is 10.2. The van der Waals surface area contributed by atoms with Gasteiger partial charge in [-0.3, -0.25) is 4.79 Å². The Kier molecular flexibility index (Phi) is 7.52. The lowest BCUT2D eigenvalue weighted by molar-refractivity contribution is -0.116. The van der Waals surface area contributed by atoms with Crippen molar-refractivity contribution in [3.8, 4) is 11.5 Å².